The molecule has 0 bridgehead atoms. The molecule has 1 aliphatic heterocycles. The molecule has 13 heteroatoms. The summed E-state index contributed by atoms with van der Waals surface area (Å²) in [6.45, 7) is 1.85. The van der Waals surface area contributed by atoms with Gasteiger partial charge in [-0.15, -0.1) is 10.2 Å². The van der Waals surface area contributed by atoms with Crippen molar-refractivity contribution < 1.29 is 13.6 Å². The van der Waals surface area contributed by atoms with Crippen LogP contribution in [0.1, 0.15) is 42.1 Å². The van der Waals surface area contributed by atoms with Crippen LogP contribution in [0.5, 0.6) is 0 Å². The van der Waals surface area contributed by atoms with Gasteiger partial charge in [0, 0.05) is 18.5 Å². The Morgan fingerprint density at radius 1 is 0.926 bits per heavy atom. The molecule has 1 saturated carbocycles. The van der Waals surface area contributed by atoms with E-state index in [0.29, 0.717) is 38.6 Å². The van der Waals surface area contributed by atoms with Gasteiger partial charge in [-0.05, 0) is 97.5 Å². The third kappa shape index (κ3) is 6.49. The van der Waals surface area contributed by atoms with E-state index in [4.69, 9.17) is 16.7 Å². The number of rotatable bonds is 8. The summed E-state index contributed by atoms with van der Waals surface area (Å²) >= 11 is 7.81. The van der Waals surface area contributed by atoms with Crippen molar-refractivity contribution in [3.8, 4) is 22.8 Å². The average molecular weight is 762 g/mol. The molecule has 0 spiro atoms. The standard InChI is InChI=1S/C41H34ClF2N7O2S/c1-25-37(40(53)51(48(25)2)31-10-4-3-5-11-31)49-39(32-12-6-7-14-34(32)42)45-46-41(49)54-24-35(52)50-38(27-17-21-30(44)22-18-27)33-13-8-9-28(36(33)47-50)23-26-15-19-29(43)20-16-26/h3-7,10-12,14-23,33,38H,8-9,13,24H2,1-2H3/b28-23-. The number of benzene rings is 4. The van der Waals surface area contributed by atoms with Gasteiger partial charge in [0.05, 0.1) is 33.9 Å². The molecule has 54 heavy (non-hydrogen) atoms. The summed E-state index contributed by atoms with van der Waals surface area (Å²) in [5.74, 6) is -0.836. The van der Waals surface area contributed by atoms with Crippen molar-refractivity contribution in [2.24, 2.45) is 18.1 Å². The number of carbonyl (C=O) groups excluding carboxylic acids is 1. The molecule has 0 saturated heterocycles. The van der Waals surface area contributed by atoms with E-state index >= 15 is 0 Å². The molecule has 3 heterocycles. The van der Waals surface area contributed by atoms with Crippen molar-refractivity contribution in [1.29, 1.82) is 0 Å². The van der Waals surface area contributed by atoms with Gasteiger partial charge < -0.3 is 0 Å². The van der Waals surface area contributed by atoms with Crippen molar-refractivity contribution in [2.45, 2.75) is 37.4 Å². The average Bonchev–Trinajstić information content (AvgIpc) is 3.84. The lowest BCUT2D eigenvalue weighted by molar-refractivity contribution is -0.130. The first kappa shape index (κ1) is 35.4. The van der Waals surface area contributed by atoms with Gasteiger partial charge in [0.1, 0.15) is 17.3 Å². The van der Waals surface area contributed by atoms with Crippen molar-refractivity contribution in [1.82, 2.24) is 29.1 Å². The molecule has 4 aromatic carbocycles. The van der Waals surface area contributed by atoms with E-state index in [1.165, 1.54) is 29.3 Å². The van der Waals surface area contributed by atoms with E-state index in [1.807, 2.05) is 68.6 Å². The van der Waals surface area contributed by atoms with Crippen LogP contribution in [0.15, 0.2) is 124 Å². The fourth-order valence-electron chi connectivity index (χ4n) is 7.35. The van der Waals surface area contributed by atoms with Crippen LogP contribution in [0.25, 0.3) is 28.8 Å². The molecule has 8 rings (SSSR count). The van der Waals surface area contributed by atoms with Crippen LogP contribution in [0, 0.1) is 24.5 Å². The van der Waals surface area contributed by atoms with Gasteiger partial charge in [0.15, 0.2) is 11.0 Å². The number of thioether (sulfide) groups is 1. The second-order valence-corrected chi connectivity index (χ2v) is 14.6. The minimum atomic E-state index is -0.461. The third-order valence-electron chi connectivity index (χ3n) is 10.00. The van der Waals surface area contributed by atoms with E-state index in [1.54, 1.807) is 44.3 Å². The van der Waals surface area contributed by atoms with Gasteiger partial charge >= 0.3 is 0 Å². The SMILES string of the molecule is Cc1c(-n2c(SCC(=O)N3N=C4/C(=C\c5ccc(F)cc5)CCCC4C3c3ccc(F)cc3)nnc2-c2ccccc2Cl)c(=O)n(-c2ccccc2)n1C. The number of carbonyl (C=O) groups is 1. The second-order valence-electron chi connectivity index (χ2n) is 13.3. The van der Waals surface area contributed by atoms with E-state index in [2.05, 4.69) is 10.2 Å². The number of aromatic nitrogens is 5. The number of fused-ring (bicyclic) bond motifs is 1. The highest BCUT2D eigenvalue weighted by atomic mass is 35.5. The maximum absolute atomic E-state index is 14.4. The molecule has 6 aromatic rings. The Labute approximate surface area is 319 Å². The monoisotopic (exact) mass is 761 g/mol. The second kappa shape index (κ2) is 14.7. The predicted octanol–water partition coefficient (Wildman–Crippen LogP) is 8.58. The van der Waals surface area contributed by atoms with Crippen molar-refractivity contribution in [3.63, 3.8) is 0 Å². The fraction of sp³-hybridized carbons (Fsp3) is 0.195. The number of allylic oxidation sites excluding steroid dienone is 1. The highest BCUT2D eigenvalue weighted by molar-refractivity contribution is 7.99. The maximum atomic E-state index is 14.4. The van der Waals surface area contributed by atoms with Crippen molar-refractivity contribution >= 4 is 41.1 Å². The van der Waals surface area contributed by atoms with Crippen LogP contribution in [0.4, 0.5) is 8.78 Å². The molecule has 272 valence electrons. The molecule has 2 unspecified atom stereocenters. The number of hydrazone groups is 1. The molecule has 2 atom stereocenters. The van der Waals surface area contributed by atoms with Gasteiger partial charge in [-0.1, -0.05) is 78.0 Å². The summed E-state index contributed by atoms with van der Waals surface area (Å²) in [7, 11) is 1.81. The first-order chi connectivity index (χ1) is 26.2. The lowest BCUT2D eigenvalue weighted by atomic mass is 9.77. The molecule has 9 nitrogen and oxygen atoms in total. The van der Waals surface area contributed by atoms with Gasteiger partial charge in [-0.3, -0.25) is 18.8 Å². The molecule has 1 amide bonds. The van der Waals surface area contributed by atoms with Crippen molar-refractivity contribution in [3.05, 3.63) is 153 Å². The number of para-hydroxylation sites is 1. The summed E-state index contributed by atoms with van der Waals surface area (Å²) in [6, 6.07) is 28.5. The number of nitrogens with zero attached hydrogens (tertiary/aromatic N) is 7. The quantitative estimate of drug-likeness (QED) is 0.145. The predicted molar refractivity (Wildman–Crippen MR) is 207 cm³/mol. The smallest absolute Gasteiger partial charge is 0.283 e. The summed E-state index contributed by atoms with van der Waals surface area (Å²) < 4.78 is 32.8. The summed E-state index contributed by atoms with van der Waals surface area (Å²) in [5, 5.41) is 16.2. The van der Waals surface area contributed by atoms with Crippen LogP contribution in [0.3, 0.4) is 0 Å². The first-order valence-electron chi connectivity index (χ1n) is 17.5. The van der Waals surface area contributed by atoms with Crippen LogP contribution in [-0.2, 0) is 11.8 Å². The summed E-state index contributed by atoms with van der Waals surface area (Å²) in [6.07, 6.45) is 4.41. The first-order valence-corrected chi connectivity index (χ1v) is 18.9. The highest BCUT2D eigenvalue weighted by Crippen LogP contribution is 2.45. The minimum Gasteiger partial charge on any atom is -0.283 e. The number of amides is 1. The molecule has 2 aromatic heterocycles. The van der Waals surface area contributed by atoms with Crippen LogP contribution >= 0.6 is 23.4 Å². The molecule has 0 radical (unpaired) electrons. The molecule has 0 N–H and O–H groups in total. The summed E-state index contributed by atoms with van der Waals surface area (Å²) in [4.78, 5) is 28.7. The Bertz CT molecular complexity index is 2490. The highest BCUT2D eigenvalue weighted by Gasteiger charge is 2.44. The normalized spacial score (nSPS) is 17.5. The van der Waals surface area contributed by atoms with E-state index in [9.17, 15) is 18.4 Å². The van der Waals surface area contributed by atoms with E-state index < -0.39 is 6.04 Å². The lowest BCUT2D eigenvalue weighted by Crippen LogP contribution is -2.33. The van der Waals surface area contributed by atoms with Gasteiger partial charge in [-0.25, -0.2) is 18.5 Å². The Hall–Kier alpha value is -5.59. The Kier molecular flexibility index (Phi) is 9.63. The number of hydrogen-bond donors (Lipinski definition) is 0. The van der Waals surface area contributed by atoms with Crippen LogP contribution in [-0.4, -0.2) is 46.5 Å². The Balaban J connectivity index is 1.18. The molecule has 1 aliphatic carbocycles. The minimum absolute atomic E-state index is 0.0857. The Morgan fingerprint density at radius 3 is 2.33 bits per heavy atom. The Morgan fingerprint density at radius 2 is 1.61 bits per heavy atom. The third-order valence-corrected chi connectivity index (χ3v) is 11.2. The van der Waals surface area contributed by atoms with Crippen molar-refractivity contribution in [2.75, 3.05) is 5.75 Å². The molecule has 2 aliphatic rings. The van der Waals surface area contributed by atoms with Gasteiger partial charge in [-0.2, -0.15) is 5.10 Å². The number of halogens is 3. The van der Waals surface area contributed by atoms with E-state index in [0.717, 1.165) is 53.4 Å². The van der Waals surface area contributed by atoms with Gasteiger partial charge in [0.25, 0.3) is 11.5 Å². The zero-order valence-electron chi connectivity index (χ0n) is 29.4. The maximum Gasteiger partial charge on any atom is 0.296 e. The zero-order valence-corrected chi connectivity index (χ0v) is 30.9. The van der Waals surface area contributed by atoms with Crippen LogP contribution < -0.4 is 5.56 Å². The van der Waals surface area contributed by atoms with Gasteiger partial charge in [0.2, 0.25) is 0 Å². The van der Waals surface area contributed by atoms with Crippen LogP contribution in [0.2, 0.25) is 5.02 Å². The fourth-order valence-corrected chi connectivity index (χ4v) is 8.36. The lowest BCUT2D eigenvalue weighted by Gasteiger charge is -2.29. The molecular weight excluding hydrogens is 728 g/mol. The topological polar surface area (TPSA) is 90.3 Å². The van der Waals surface area contributed by atoms with E-state index in [-0.39, 0.29) is 34.8 Å². The number of hydrogen-bond acceptors (Lipinski definition) is 6. The summed E-state index contributed by atoms with van der Waals surface area (Å²) in [5.41, 5.74) is 5.32. The largest absolute Gasteiger partial charge is 0.296 e. The zero-order chi connectivity index (χ0) is 37.5. The molecular formula is C41H34ClF2N7O2S. The molecule has 1 fully saturated rings.